The number of ether oxygens (including phenoxy) is 2. The molecule has 1 amide bonds. The molecule has 0 aliphatic heterocycles. The number of amides is 1. The van der Waals surface area contributed by atoms with Crippen LogP contribution < -0.4 is 14.8 Å². The average molecular weight is 469 g/mol. The number of nitrogens with zero attached hydrogens (tertiary/aromatic N) is 3. The molecule has 0 saturated carbocycles. The van der Waals surface area contributed by atoms with Gasteiger partial charge in [-0.3, -0.25) is 14.7 Å². The van der Waals surface area contributed by atoms with Crippen molar-refractivity contribution in [3.05, 3.63) is 53.2 Å². The molecule has 0 radical (unpaired) electrons. The van der Waals surface area contributed by atoms with Crippen LogP contribution in [0.25, 0.3) is 10.7 Å². The largest absolute Gasteiger partial charge is 0.493 e. The number of thiazole rings is 1. The predicted octanol–water partition coefficient (Wildman–Crippen LogP) is 5.27. The van der Waals surface area contributed by atoms with Crippen LogP contribution in [0.2, 0.25) is 0 Å². The molecule has 2 aromatic heterocycles. The maximum absolute atomic E-state index is 13.0. The summed E-state index contributed by atoms with van der Waals surface area (Å²) in [6.07, 6.45) is 1.71. The monoisotopic (exact) mass is 468 g/mol. The minimum atomic E-state index is -0.214. The zero-order valence-corrected chi connectivity index (χ0v) is 20.9. The van der Waals surface area contributed by atoms with E-state index < -0.39 is 0 Å². The second-order valence-electron chi connectivity index (χ2n) is 8.24. The highest BCUT2D eigenvalue weighted by Gasteiger charge is 2.18. The Balaban J connectivity index is 1.71. The van der Waals surface area contributed by atoms with Gasteiger partial charge >= 0.3 is 0 Å². The van der Waals surface area contributed by atoms with Crippen molar-refractivity contribution in [1.82, 2.24) is 14.9 Å². The summed E-state index contributed by atoms with van der Waals surface area (Å²) >= 11 is 1.33. The van der Waals surface area contributed by atoms with Gasteiger partial charge in [0, 0.05) is 36.6 Å². The van der Waals surface area contributed by atoms with Crippen LogP contribution in [0.15, 0.2) is 42.6 Å². The number of carbonyl (C=O) groups is 1. The quantitative estimate of drug-likeness (QED) is 0.437. The van der Waals surface area contributed by atoms with Crippen molar-refractivity contribution in [3.63, 3.8) is 0 Å². The van der Waals surface area contributed by atoms with E-state index in [1.54, 1.807) is 31.5 Å². The molecule has 3 rings (SSSR count). The van der Waals surface area contributed by atoms with E-state index in [1.807, 2.05) is 25.1 Å². The second kappa shape index (κ2) is 11.2. The summed E-state index contributed by atoms with van der Waals surface area (Å²) in [6, 6.07) is 11.9. The molecule has 7 nitrogen and oxygen atoms in total. The Morgan fingerprint density at radius 3 is 2.52 bits per heavy atom. The summed E-state index contributed by atoms with van der Waals surface area (Å²) in [5.74, 6) is 1.01. The Morgan fingerprint density at radius 1 is 1.12 bits per heavy atom. The van der Waals surface area contributed by atoms with Crippen LogP contribution in [-0.2, 0) is 0 Å². The van der Waals surface area contributed by atoms with Crippen LogP contribution in [-0.4, -0.2) is 53.1 Å². The number of anilines is 1. The third-order valence-corrected chi connectivity index (χ3v) is 6.42. The molecule has 3 aromatic rings. The van der Waals surface area contributed by atoms with Gasteiger partial charge in [0.25, 0.3) is 5.91 Å². The first-order valence-electron chi connectivity index (χ1n) is 11.1. The first-order chi connectivity index (χ1) is 15.8. The van der Waals surface area contributed by atoms with E-state index in [2.05, 4.69) is 47.9 Å². The fraction of sp³-hybridized carbons (Fsp3) is 0.400. The highest BCUT2D eigenvalue weighted by atomic mass is 32.1. The summed E-state index contributed by atoms with van der Waals surface area (Å²) in [5.41, 5.74) is 2.06. The number of benzene rings is 1. The minimum Gasteiger partial charge on any atom is -0.493 e. The first kappa shape index (κ1) is 24.7. The van der Waals surface area contributed by atoms with Crippen LogP contribution in [0.4, 0.5) is 5.69 Å². The number of hydrogen-bond donors (Lipinski definition) is 1. The van der Waals surface area contributed by atoms with Crippen molar-refractivity contribution >= 4 is 22.9 Å². The molecule has 0 bridgehead atoms. The highest BCUT2D eigenvalue weighted by Crippen LogP contribution is 2.32. The molecule has 0 unspecified atom stereocenters. The number of nitrogens with one attached hydrogen (secondary N) is 1. The summed E-state index contributed by atoms with van der Waals surface area (Å²) in [5, 5.41) is 3.68. The summed E-state index contributed by atoms with van der Waals surface area (Å²) in [6.45, 7) is 11.9. The number of methoxy groups -OCH3 is 1. The topological polar surface area (TPSA) is 76.6 Å². The molecule has 0 atom stereocenters. The van der Waals surface area contributed by atoms with Crippen LogP contribution >= 0.6 is 11.3 Å². The van der Waals surface area contributed by atoms with Gasteiger partial charge in [0.15, 0.2) is 11.5 Å². The fourth-order valence-electron chi connectivity index (χ4n) is 3.63. The van der Waals surface area contributed by atoms with Crippen molar-refractivity contribution in [2.75, 3.05) is 25.6 Å². The number of hydrogen-bond acceptors (Lipinski definition) is 7. The molecule has 1 aromatic carbocycles. The minimum absolute atomic E-state index is 0.214. The predicted molar refractivity (Wildman–Crippen MR) is 134 cm³/mol. The van der Waals surface area contributed by atoms with E-state index in [9.17, 15) is 4.79 Å². The van der Waals surface area contributed by atoms with E-state index in [0.29, 0.717) is 46.4 Å². The van der Waals surface area contributed by atoms with Crippen LogP contribution in [0.3, 0.4) is 0 Å². The second-order valence-corrected chi connectivity index (χ2v) is 9.24. The molecular weight excluding hydrogens is 436 g/mol. The van der Waals surface area contributed by atoms with Gasteiger partial charge in [-0.2, -0.15) is 0 Å². The van der Waals surface area contributed by atoms with E-state index in [-0.39, 0.29) is 5.91 Å². The van der Waals surface area contributed by atoms with E-state index >= 15 is 0 Å². The molecule has 0 aliphatic rings. The zero-order valence-electron chi connectivity index (χ0n) is 20.1. The molecule has 8 heteroatoms. The molecule has 1 N–H and O–H groups in total. The van der Waals surface area contributed by atoms with Crippen molar-refractivity contribution in [2.24, 2.45) is 0 Å². The molecule has 0 saturated heterocycles. The molecule has 0 spiro atoms. The molecule has 0 fully saturated rings. The normalized spacial score (nSPS) is 11.3. The first-order valence-corrected chi connectivity index (χ1v) is 11.9. The van der Waals surface area contributed by atoms with Gasteiger partial charge in [0.05, 0.1) is 18.5 Å². The van der Waals surface area contributed by atoms with Gasteiger partial charge in [0.2, 0.25) is 0 Å². The van der Waals surface area contributed by atoms with E-state index in [1.165, 1.54) is 11.3 Å². The molecule has 0 aliphatic carbocycles. The van der Waals surface area contributed by atoms with Crippen LogP contribution in [0.1, 0.15) is 43.1 Å². The van der Waals surface area contributed by atoms with Gasteiger partial charge < -0.3 is 14.8 Å². The van der Waals surface area contributed by atoms with Crippen molar-refractivity contribution in [1.29, 1.82) is 0 Å². The van der Waals surface area contributed by atoms with E-state index in [4.69, 9.17) is 9.47 Å². The Bertz CT molecular complexity index is 1060. The molecule has 2 heterocycles. The maximum atomic E-state index is 13.0. The van der Waals surface area contributed by atoms with Crippen molar-refractivity contribution in [2.45, 2.75) is 46.7 Å². The SMILES string of the molecule is COc1ccc(NC(=O)c2sc(-c3ccccn3)nc2C)cc1OCCN(C(C)C)C(C)C. The number of aryl methyl sites for hydroxylation is 1. The summed E-state index contributed by atoms with van der Waals surface area (Å²) < 4.78 is 11.5. The van der Waals surface area contributed by atoms with Gasteiger partial charge in [-0.05, 0) is 58.9 Å². The van der Waals surface area contributed by atoms with Gasteiger partial charge in [-0.1, -0.05) is 6.07 Å². The van der Waals surface area contributed by atoms with Crippen molar-refractivity contribution in [3.8, 4) is 22.2 Å². The average Bonchev–Trinajstić information content (AvgIpc) is 3.18. The smallest absolute Gasteiger partial charge is 0.267 e. The lowest BCUT2D eigenvalue weighted by Gasteiger charge is -2.30. The number of rotatable bonds is 10. The Labute approximate surface area is 199 Å². The van der Waals surface area contributed by atoms with E-state index in [0.717, 1.165) is 17.2 Å². The van der Waals surface area contributed by atoms with Gasteiger partial charge in [0.1, 0.15) is 16.5 Å². The van der Waals surface area contributed by atoms with Crippen LogP contribution in [0.5, 0.6) is 11.5 Å². The third kappa shape index (κ3) is 6.30. The maximum Gasteiger partial charge on any atom is 0.267 e. The van der Waals surface area contributed by atoms with Crippen molar-refractivity contribution < 1.29 is 14.3 Å². The Morgan fingerprint density at radius 2 is 1.88 bits per heavy atom. The highest BCUT2D eigenvalue weighted by molar-refractivity contribution is 7.17. The lowest BCUT2D eigenvalue weighted by molar-refractivity contribution is 0.102. The lowest BCUT2D eigenvalue weighted by Crippen LogP contribution is -2.39. The third-order valence-electron chi connectivity index (χ3n) is 5.24. The molecular formula is C25H32N4O3S. The summed E-state index contributed by atoms with van der Waals surface area (Å²) in [4.78, 5) is 24.7. The number of pyridine rings is 1. The standard InChI is InChI=1S/C25H32N4O3S/c1-16(2)29(17(3)4)13-14-32-22-15-19(10-11-21(22)31-6)28-24(30)23-18(5)27-25(33-23)20-9-7-8-12-26-20/h7-12,15-17H,13-14H2,1-6H3,(H,28,30). The molecule has 176 valence electrons. The zero-order chi connectivity index (χ0) is 24.0. The summed E-state index contributed by atoms with van der Waals surface area (Å²) in [7, 11) is 1.61. The van der Waals surface area contributed by atoms with Gasteiger partial charge in [-0.15, -0.1) is 11.3 Å². The fourth-order valence-corrected chi connectivity index (χ4v) is 4.57. The van der Waals surface area contributed by atoms with Crippen LogP contribution in [0, 0.1) is 6.92 Å². The molecule has 33 heavy (non-hydrogen) atoms. The number of aromatic nitrogens is 2. The Hall–Kier alpha value is -2.97. The number of carbonyl (C=O) groups excluding carboxylic acids is 1. The van der Waals surface area contributed by atoms with Gasteiger partial charge in [-0.25, -0.2) is 4.98 Å². The Kier molecular flexibility index (Phi) is 8.41. The lowest BCUT2D eigenvalue weighted by atomic mass is 10.2.